The number of halogens is 4. The number of rotatable bonds is 7. The maximum atomic E-state index is 13.6. The van der Waals surface area contributed by atoms with Crippen molar-refractivity contribution in [3.8, 4) is 17.3 Å². The highest BCUT2D eigenvalue weighted by atomic mass is 35.5. The lowest BCUT2D eigenvalue weighted by molar-refractivity contribution is -0.141. The van der Waals surface area contributed by atoms with Gasteiger partial charge in [-0.05, 0) is 25.1 Å². The van der Waals surface area contributed by atoms with Crippen LogP contribution in [0, 0.1) is 11.3 Å². The standard InChI is InChI=1S/C22H18ClF3N8O2/c1-12(35)9-30-21(36)14-3-2-13(8-16(14)23)31-19-20-29-10-17(34(20)7-5-28-19)15-11-33(6-4-27)32-18(15)22(24,25)26/h2-3,5,7-8,10-12,35H,6,9H2,1H3,(H,28,31)(H,30,36)/t12-/m1/s1. The maximum absolute atomic E-state index is 13.6. The number of benzene rings is 1. The first-order valence-corrected chi connectivity index (χ1v) is 10.8. The first-order chi connectivity index (χ1) is 17.1. The number of aromatic nitrogens is 5. The van der Waals surface area contributed by atoms with E-state index < -0.39 is 23.9 Å². The SMILES string of the molecule is C[C@@H](O)CNC(=O)c1ccc(Nc2nccn3c(-c4cn(CC#N)nc4C(F)(F)F)cnc23)cc1Cl. The minimum Gasteiger partial charge on any atom is -0.392 e. The molecule has 0 bridgehead atoms. The molecular weight excluding hydrogens is 501 g/mol. The first kappa shape index (κ1) is 25.0. The normalized spacial score (nSPS) is 12.4. The van der Waals surface area contributed by atoms with Gasteiger partial charge in [-0.15, -0.1) is 0 Å². The van der Waals surface area contributed by atoms with Crippen LogP contribution in [0.4, 0.5) is 24.7 Å². The Morgan fingerprint density at radius 3 is 2.78 bits per heavy atom. The Hall–Kier alpha value is -4.15. The Morgan fingerprint density at radius 1 is 1.33 bits per heavy atom. The molecule has 4 rings (SSSR count). The largest absolute Gasteiger partial charge is 0.435 e. The summed E-state index contributed by atoms with van der Waals surface area (Å²) >= 11 is 6.25. The zero-order valence-electron chi connectivity index (χ0n) is 18.6. The minimum absolute atomic E-state index is 0.0643. The molecule has 0 saturated carbocycles. The summed E-state index contributed by atoms with van der Waals surface area (Å²) in [4.78, 5) is 20.7. The average molecular weight is 519 g/mol. The summed E-state index contributed by atoms with van der Waals surface area (Å²) in [6.45, 7) is 1.25. The molecule has 1 atom stereocenters. The van der Waals surface area contributed by atoms with Gasteiger partial charge in [-0.1, -0.05) is 11.6 Å². The number of imidazole rings is 1. The smallest absolute Gasteiger partial charge is 0.392 e. The number of amides is 1. The number of carbonyl (C=O) groups is 1. The summed E-state index contributed by atoms with van der Waals surface area (Å²) in [7, 11) is 0. The number of hydrogen-bond acceptors (Lipinski definition) is 7. The number of anilines is 2. The van der Waals surface area contributed by atoms with Crippen LogP contribution < -0.4 is 10.6 Å². The Bertz CT molecular complexity index is 1470. The number of aliphatic hydroxyl groups is 1. The highest BCUT2D eigenvalue weighted by Crippen LogP contribution is 2.37. The molecule has 3 heterocycles. The number of nitrogens with zero attached hydrogens (tertiary/aromatic N) is 6. The van der Waals surface area contributed by atoms with Gasteiger partial charge in [-0.25, -0.2) is 9.97 Å². The highest BCUT2D eigenvalue weighted by Gasteiger charge is 2.38. The molecule has 4 aromatic rings. The molecule has 14 heteroatoms. The van der Waals surface area contributed by atoms with E-state index in [0.29, 0.717) is 5.69 Å². The zero-order valence-corrected chi connectivity index (χ0v) is 19.3. The van der Waals surface area contributed by atoms with Crippen molar-refractivity contribution in [2.24, 2.45) is 0 Å². The predicted molar refractivity (Wildman–Crippen MR) is 124 cm³/mol. The van der Waals surface area contributed by atoms with Gasteiger partial charge < -0.3 is 15.7 Å². The Labute approximate surface area is 207 Å². The van der Waals surface area contributed by atoms with Crippen molar-refractivity contribution in [3.05, 3.63) is 59.3 Å². The van der Waals surface area contributed by atoms with Crippen molar-refractivity contribution >= 4 is 34.7 Å². The number of fused-ring (bicyclic) bond motifs is 1. The van der Waals surface area contributed by atoms with Crippen LogP contribution in [0.3, 0.4) is 0 Å². The van der Waals surface area contributed by atoms with E-state index >= 15 is 0 Å². The van der Waals surface area contributed by atoms with Gasteiger partial charge in [0, 0.05) is 30.8 Å². The van der Waals surface area contributed by atoms with Gasteiger partial charge in [-0.3, -0.25) is 13.9 Å². The second kappa shape index (κ2) is 9.84. The summed E-state index contributed by atoms with van der Waals surface area (Å²) in [5.41, 5.74) is -0.389. The number of nitriles is 1. The zero-order chi connectivity index (χ0) is 26.0. The lowest BCUT2D eigenvalue weighted by Gasteiger charge is -2.11. The van der Waals surface area contributed by atoms with Crippen molar-refractivity contribution in [2.45, 2.75) is 25.7 Å². The van der Waals surface area contributed by atoms with Crippen molar-refractivity contribution in [3.63, 3.8) is 0 Å². The molecule has 10 nitrogen and oxygen atoms in total. The van der Waals surface area contributed by atoms with Crippen LogP contribution in [0.1, 0.15) is 23.0 Å². The molecule has 0 fully saturated rings. The van der Waals surface area contributed by atoms with E-state index in [1.807, 2.05) is 0 Å². The molecule has 3 aromatic heterocycles. The monoisotopic (exact) mass is 518 g/mol. The molecule has 36 heavy (non-hydrogen) atoms. The molecule has 0 aliphatic rings. The van der Waals surface area contributed by atoms with Crippen LogP contribution in [-0.2, 0) is 12.7 Å². The fourth-order valence-electron chi connectivity index (χ4n) is 3.43. The minimum atomic E-state index is -4.74. The number of alkyl halides is 3. The van der Waals surface area contributed by atoms with E-state index in [-0.39, 0.29) is 46.4 Å². The van der Waals surface area contributed by atoms with E-state index in [9.17, 15) is 23.1 Å². The highest BCUT2D eigenvalue weighted by molar-refractivity contribution is 6.34. The maximum Gasteiger partial charge on any atom is 0.435 e. The van der Waals surface area contributed by atoms with Crippen molar-refractivity contribution < 1.29 is 23.1 Å². The van der Waals surface area contributed by atoms with E-state index in [2.05, 4.69) is 25.7 Å². The Balaban J connectivity index is 1.66. The quantitative estimate of drug-likeness (QED) is 0.340. The third kappa shape index (κ3) is 5.09. The molecule has 0 aliphatic heterocycles. The molecule has 1 amide bonds. The Kier molecular flexibility index (Phi) is 6.82. The van der Waals surface area contributed by atoms with Crippen LogP contribution in [0.2, 0.25) is 5.02 Å². The molecule has 1 aromatic carbocycles. The number of nitrogens with one attached hydrogen (secondary N) is 2. The second-order valence-electron chi connectivity index (χ2n) is 7.74. The molecule has 0 radical (unpaired) electrons. The average Bonchev–Trinajstić information content (AvgIpc) is 3.42. The molecule has 0 saturated heterocycles. The van der Waals surface area contributed by atoms with Gasteiger partial charge in [-0.2, -0.15) is 23.5 Å². The van der Waals surface area contributed by atoms with Crippen LogP contribution in [0.25, 0.3) is 16.9 Å². The van der Waals surface area contributed by atoms with Crippen LogP contribution in [0.15, 0.2) is 43.0 Å². The lowest BCUT2D eigenvalue weighted by Crippen LogP contribution is -2.30. The molecule has 3 N–H and O–H groups in total. The van der Waals surface area contributed by atoms with Crippen LogP contribution in [-0.4, -0.2) is 47.8 Å². The van der Waals surface area contributed by atoms with Gasteiger partial charge >= 0.3 is 6.18 Å². The van der Waals surface area contributed by atoms with Crippen LogP contribution >= 0.6 is 11.6 Å². The number of aliphatic hydroxyl groups excluding tert-OH is 1. The summed E-state index contributed by atoms with van der Waals surface area (Å²) in [5, 5.41) is 27.4. The van der Waals surface area contributed by atoms with Gasteiger partial charge in [0.25, 0.3) is 5.91 Å². The van der Waals surface area contributed by atoms with Crippen LogP contribution in [0.5, 0.6) is 0 Å². The molecule has 186 valence electrons. The summed E-state index contributed by atoms with van der Waals surface area (Å²) < 4.78 is 43.2. The molecule has 0 unspecified atom stereocenters. The van der Waals surface area contributed by atoms with E-state index in [0.717, 1.165) is 10.9 Å². The van der Waals surface area contributed by atoms with Gasteiger partial charge in [0.15, 0.2) is 17.2 Å². The number of carbonyl (C=O) groups excluding carboxylic acids is 1. The molecule has 0 spiro atoms. The van der Waals surface area contributed by atoms with Crippen molar-refractivity contribution in [1.82, 2.24) is 29.5 Å². The summed E-state index contributed by atoms with van der Waals surface area (Å²) in [6.07, 6.45) is -0.223. The fraction of sp³-hybridized carbons (Fsp3) is 0.227. The predicted octanol–water partition coefficient (Wildman–Crippen LogP) is 3.64. The fourth-order valence-corrected chi connectivity index (χ4v) is 3.69. The molecule has 0 aliphatic carbocycles. The molecular formula is C22H18ClF3N8O2. The van der Waals surface area contributed by atoms with Gasteiger partial charge in [0.1, 0.15) is 6.54 Å². The van der Waals surface area contributed by atoms with Gasteiger partial charge in [0.2, 0.25) is 0 Å². The van der Waals surface area contributed by atoms with E-state index in [1.54, 1.807) is 12.1 Å². The summed E-state index contributed by atoms with van der Waals surface area (Å²) in [6, 6.07) is 6.31. The van der Waals surface area contributed by atoms with E-state index in [1.165, 1.54) is 42.0 Å². The van der Waals surface area contributed by atoms with Gasteiger partial charge in [0.05, 0.1) is 40.2 Å². The van der Waals surface area contributed by atoms with Crippen molar-refractivity contribution in [1.29, 1.82) is 5.26 Å². The number of hydrogen-bond donors (Lipinski definition) is 3. The topological polar surface area (TPSA) is 133 Å². The van der Waals surface area contributed by atoms with E-state index in [4.69, 9.17) is 16.9 Å². The third-order valence-electron chi connectivity index (χ3n) is 5.00. The first-order valence-electron chi connectivity index (χ1n) is 10.5. The summed E-state index contributed by atoms with van der Waals surface area (Å²) in [5.74, 6) is -0.230. The third-order valence-corrected chi connectivity index (χ3v) is 5.31. The lowest BCUT2D eigenvalue weighted by atomic mass is 10.2. The van der Waals surface area contributed by atoms with Crippen molar-refractivity contribution in [2.75, 3.05) is 11.9 Å². The second-order valence-corrected chi connectivity index (χ2v) is 8.14. The Morgan fingerprint density at radius 2 is 2.11 bits per heavy atom.